The quantitative estimate of drug-likeness (QED) is 0.710. The summed E-state index contributed by atoms with van der Waals surface area (Å²) in [4.78, 5) is 24.7. The van der Waals surface area contributed by atoms with Crippen molar-refractivity contribution in [1.82, 2.24) is 0 Å². The van der Waals surface area contributed by atoms with E-state index in [-0.39, 0.29) is 24.5 Å². The van der Waals surface area contributed by atoms with Crippen molar-refractivity contribution in [2.45, 2.75) is 32.1 Å². The van der Waals surface area contributed by atoms with Gasteiger partial charge in [0.15, 0.2) is 5.78 Å². The number of ether oxygens (including phenoxy) is 2. The van der Waals surface area contributed by atoms with E-state index in [4.69, 9.17) is 9.47 Å². The monoisotopic (exact) mass is 380 g/mol. The minimum Gasteiger partial charge on any atom is -0.497 e. The number of methoxy groups -OCH3 is 2. The zero-order valence-electron chi connectivity index (χ0n) is 16.3. The van der Waals surface area contributed by atoms with Crippen LogP contribution in [0.3, 0.4) is 0 Å². The van der Waals surface area contributed by atoms with Crippen molar-refractivity contribution >= 4 is 17.4 Å². The van der Waals surface area contributed by atoms with Gasteiger partial charge in [0.05, 0.1) is 26.0 Å². The number of hydrogen-bond donors (Lipinski definition) is 1. The fourth-order valence-corrected chi connectivity index (χ4v) is 2.92. The lowest BCUT2D eigenvalue weighted by Crippen LogP contribution is -2.15. The highest BCUT2D eigenvalue weighted by molar-refractivity contribution is 5.93. The number of rotatable bonds is 9. The summed E-state index contributed by atoms with van der Waals surface area (Å²) in [5.41, 5.74) is 2.14. The van der Waals surface area contributed by atoms with E-state index in [1.54, 1.807) is 31.4 Å². The maximum absolute atomic E-state index is 12.5. The summed E-state index contributed by atoms with van der Waals surface area (Å²) in [6.07, 6.45) is 0.689. The molecule has 0 aromatic heterocycles. The molecule has 0 heterocycles. The molecule has 1 N–H and O–H groups in total. The summed E-state index contributed by atoms with van der Waals surface area (Å²) in [6, 6.07) is 14.6. The van der Waals surface area contributed by atoms with Gasteiger partial charge in [0.2, 0.25) is 5.91 Å². The Morgan fingerprint density at radius 1 is 1.11 bits per heavy atom. The van der Waals surface area contributed by atoms with Crippen LogP contribution in [-0.2, 0) is 9.59 Å². The largest absolute Gasteiger partial charge is 0.497 e. The van der Waals surface area contributed by atoms with Gasteiger partial charge < -0.3 is 14.8 Å². The predicted molar refractivity (Wildman–Crippen MR) is 107 cm³/mol. The summed E-state index contributed by atoms with van der Waals surface area (Å²) in [7, 11) is 3.06. The van der Waals surface area contributed by atoms with E-state index >= 15 is 0 Å². The third-order valence-electron chi connectivity index (χ3n) is 4.46. The van der Waals surface area contributed by atoms with Crippen LogP contribution in [0.1, 0.15) is 36.3 Å². The van der Waals surface area contributed by atoms with Crippen LogP contribution in [-0.4, -0.2) is 25.9 Å². The molecule has 1 amide bonds. The van der Waals surface area contributed by atoms with Crippen LogP contribution >= 0.6 is 0 Å². The number of nitrogens with one attached hydrogen (secondary N) is 1. The maximum Gasteiger partial charge on any atom is 0.224 e. The Morgan fingerprint density at radius 3 is 2.50 bits per heavy atom. The summed E-state index contributed by atoms with van der Waals surface area (Å²) in [6.45, 7) is 1.88. The summed E-state index contributed by atoms with van der Waals surface area (Å²) in [5.74, 6) is -0.0919. The van der Waals surface area contributed by atoms with Crippen LogP contribution in [0.4, 0.5) is 5.69 Å². The number of aryl methyl sites for hydroxylation is 1. The first-order valence-electron chi connectivity index (χ1n) is 9.00. The lowest BCUT2D eigenvalue weighted by molar-refractivity contribution is -0.119. The number of nitriles is 1. The SMILES string of the molecule is COc1ccc(OC)c(NC(=O)CCCC(=O)C(C#N)c2ccccc2C)c1. The van der Waals surface area contributed by atoms with Crippen molar-refractivity contribution in [2.75, 3.05) is 19.5 Å². The molecule has 6 heteroatoms. The number of carbonyl (C=O) groups is 2. The Hall–Kier alpha value is -3.33. The molecule has 1 atom stereocenters. The summed E-state index contributed by atoms with van der Waals surface area (Å²) in [5, 5.41) is 12.2. The third-order valence-corrected chi connectivity index (χ3v) is 4.46. The van der Waals surface area contributed by atoms with E-state index < -0.39 is 5.92 Å². The number of nitrogens with zero attached hydrogens (tertiary/aromatic N) is 1. The molecule has 6 nitrogen and oxygen atoms in total. The van der Waals surface area contributed by atoms with Crippen LogP contribution in [0.2, 0.25) is 0 Å². The van der Waals surface area contributed by atoms with E-state index in [2.05, 4.69) is 11.4 Å². The molecule has 0 radical (unpaired) electrons. The first-order valence-corrected chi connectivity index (χ1v) is 9.00. The number of anilines is 1. The van der Waals surface area contributed by atoms with Crippen molar-refractivity contribution in [3.05, 3.63) is 53.6 Å². The van der Waals surface area contributed by atoms with E-state index in [1.165, 1.54) is 7.11 Å². The zero-order valence-corrected chi connectivity index (χ0v) is 16.3. The molecular formula is C22H24N2O4. The van der Waals surface area contributed by atoms with Crippen LogP contribution in [0.15, 0.2) is 42.5 Å². The Morgan fingerprint density at radius 2 is 1.86 bits per heavy atom. The lowest BCUT2D eigenvalue weighted by Gasteiger charge is -2.13. The smallest absolute Gasteiger partial charge is 0.224 e. The molecule has 1 unspecified atom stereocenters. The highest BCUT2D eigenvalue weighted by Gasteiger charge is 2.21. The Bertz CT molecular complexity index is 886. The maximum atomic E-state index is 12.5. The molecule has 0 fully saturated rings. The minimum atomic E-state index is -0.803. The molecule has 0 aliphatic carbocycles. The van der Waals surface area contributed by atoms with Crippen molar-refractivity contribution in [1.29, 1.82) is 5.26 Å². The normalized spacial score (nSPS) is 11.2. The van der Waals surface area contributed by atoms with Crippen LogP contribution in [0.5, 0.6) is 11.5 Å². The first kappa shape index (κ1) is 21.0. The average molecular weight is 380 g/mol. The number of Topliss-reactive ketones (excluding diaryl/α,β-unsaturated/α-hetero) is 1. The number of ketones is 1. The standard InChI is InChI=1S/C22H24N2O4/c1-15-7-4-5-8-17(15)18(14-23)20(25)9-6-10-22(26)24-19-13-16(27-2)11-12-21(19)28-3/h4-5,7-8,11-13,18H,6,9-10H2,1-3H3,(H,24,26). The molecule has 0 bridgehead atoms. The molecule has 0 aliphatic rings. The van der Waals surface area contributed by atoms with Gasteiger partial charge in [0.1, 0.15) is 17.4 Å². The molecule has 28 heavy (non-hydrogen) atoms. The Kier molecular flexibility index (Phi) is 7.58. The summed E-state index contributed by atoms with van der Waals surface area (Å²) < 4.78 is 10.4. The van der Waals surface area contributed by atoms with Gasteiger partial charge in [-0.15, -0.1) is 0 Å². The summed E-state index contributed by atoms with van der Waals surface area (Å²) >= 11 is 0. The van der Waals surface area contributed by atoms with Gasteiger partial charge >= 0.3 is 0 Å². The second kappa shape index (κ2) is 10.1. The number of benzene rings is 2. The second-order valence-corrected chi connectivity index (χ2v) is 6.35. The molecule has 0 saturated heterocycles. The lowest BCUT2D eigenvalue weighted by atomic mass is 9.90. The number of carbonyl (C=O) groups excluding carboxylic acids is 2. The fourth-order valence-electron chi connectivity index (χ4n) is 2.92. The van der Waals surface area contributed by atoms with Gasteiger partial charge in [-0.2, -0.15) is 5.26 Å². The Labute approximate surface area is 165 Å². The molecule has 2 rings (SSSR count). The minimum absolute atomic E-state index is 0.162. The van der Waals surface area contributed by atoms with Crippen LogP contribution in [0.25, 0.3) is 0 Å². The van der Waals surface area contributed by atoms with E-state index in [0.29, 0.717) is 23.6 Å². The van der Waals surface area contributed by atoms with Gasteiger partial charge in [0, 0.05) is 18.9 Å². The van der Waals surface area contributed by atoms with Crippen molar-refractivity contribution in [3.63, 3.8) is 0 Å². The third kappa shape index (κ3) is 5.34. The highest BCUT2D eigenvalue weighted by atomic mass is 16.5. The molecule has 0 aliphatic heterocycles. The van der Waals surface area contributed by atoms with Gasteiger partial charge in [-0.25, -0.2) is 0 Å². The average Bonchev–Trinajstić information content (AvgIpc) is 2.69. The van der Waals surface area contributed by atoms with Crippen molar-refractivity contribution in [3.8, 4) is 17.6 Å². The fraction of sp³-hybridized carbons (Fsp3) is 0.318. The molecule has 0 saturated carbocycles. The number of hydrogen-bond acceptors (Lipinski definition) is 5. The highest BCUT2D eigenvalue weighted by Crippen LogP contribution is 2.29. The molecular weight excluding hydrogens is 356 g/mol. The molecule has 2 aromatic carbocycles. The predicted octanol–water partition coefficient (Wildman–Crippen LogP) is 4.00. The zero-order chi connectivity index (χ0) is 20.5. The van der Waals surface area contributed by atoms with Crippen molar-refractivity contribution < 1.29 is 19.1 Å². The Balaban J connectivity index is 1.92. The first-order chi connectivity index (χ1) is 13.5. The van der Waals surface area contributed by atoms with Gasteiger partial charge in [-0.1, -0.05) is 24.3 Å². The van der Waals surface area contributed by atoms with Gasteiger partial charge in [-0.3, -0.25) is 9.59 Å². The molecule has 0 spiro atoms. The van der Waals surface area contributed by atoms with Crippen molar-refractivity contribution in [2.24, 2.45) is 0 Å². The topological polar surface area (TPSA) is 88.4 Å². The van der Waals surface area contributed by atoms with Gasteiger partial charge in [0.25, 0.3) is 0 Å². The second-order valence-electron chi connectivity index (χ2n) is 6.35. The molecule has 2 aromatic rings. The molecule has 146 valence electrons. The van der Waals surface area contributed by atoms with E-state index in [1.807, 2.05) is 25.1 Å². The van der Waals surface area contributed by atoms with Crippen LogP contribution in [0, 0.1) is 18.3 Å². The van der Waals surface area contributed by atoms with Crippen LogP contribution < -0.4 is 14.8 Å². The van der Waals surface area contributed by atoms with E-state index in [9.17, 15) is 14.9 Å². The van der Waals surface area contributed by atoms with E-state index in [0.717, 1.165) is 11.1 Å². The number of amides is 1. The van der Waals surface area contributed by atoms with Gasteiger partial charge in [-0.05, 0) is 36.6 Å².